The van der Waals surface area contributed by atoms with E-state index >= 15 is 0 Å². The Morgan fingerprint density at radius 2 is 2.22 bits per heavy atom. The molecule has 2 unspecified atom stereocenters. The maximum atomic E-state index is 13.2. The van der Waals surface area contributed by atoms with Crippen molar-refractivity contribution in [1.29, 1.82) is 0 Å². The number of hydrogen-bond acceptors (Lipinski definition) is 6. The fourth-order valence-corrected chi connectivity index (χ4v) is 3.48. The predicted octanol–water partition coefficient (Wildman–Crippen LogP) is 1.74. The molecule has 2 atom stereocenters. The topological polar surface area (TPSA) is 110 Å². The zero-order valence-electron chi connectivity index (χ0n) is 17.4. The maximum absolute atomic E-state index is 13.2. The Bertz CT molecular complexity index is 1030. The van der Waals surface area contributed by atoms with Gasteiger partial charge in [-0.05, 0) is 31.4 Å². The van der Waals surface area contributed by atoms with Crippen molar-refractivity contribution < 1.29 is 23.1 Å². The average molecular weight is 466 g/mol. The van der Waals surface area contributed by atoms with E-state index in [1.165, 1.54) is 24.4 Å². The van der Waals surface area contributed by atoms with Crippen molar-refractivity contribution in [3.8, 4) is 18.2 Å². The van der Waals surface area contributed by atoms with E-state index in [-0.39, 0.29) is 29.3 Å². The van der Waals surface area contributed by atoms with Crippen molar-refractivity contribution in [1.82, 2.24) is 15.2 Å². The summed E-state index contributed by atoms with van der Waals surface area (Å²) in [6.45, 7) is 2.58. The first-order valence-corrected chi connectivity index (χ1v) is 10.1. The van der Waals surface area contributed by atoms with Gasteiger partial charge in [-0.2, -0.15) is 8.78 Å². The Morgan fingerprint density at radius 3 is 2.84 bits per heavy atom. The number of fused-ring (bicyclic) bond motifs is 1. The number of nitrogens with zero attached hydrogens (tertiary/aromatic N) is 3. The number of rotatable bonds is 6. The second-order valence-electron chi connectivity index (χ2n) is 8.15. The first-order valence-electron chi connectivity index (χ1n) is 9.67. The van der Waals surface area contributed by atoms with Crippen LogP contribution in [0.4, 0.5) is 8.78 Å². The molecule has 0 radical (unpaired) electrons. The molecule has 1 saturated heterocycles. The molecule has 1 aromatic heterocycles. The minimum atomic E-state index is -3.44. The number of alkyl halides is 2. The lowest BCUT2D eigenvalue weighted by Crippen LogP contribution is -2.53. The third kappa shape index (κ3) is 5.23. The number of terminal acetylenes is 1. The molecule has 8 nitrogen and oxygen atoms in total. The molecule has 32 heavy (non-hydrogen) atoms. The van der Waals surface area contributed by atoms with Crippen LogP contribution in [0, 0.1) is 24.2 Å². The first-order chi connectivity index (χ1) is 14.9. The number of hydrogen-bond donors (Lipinski definition) is 2. The fourth-order valence-electron chi connectivity index (χ4n) is 3.23. The molecule has 11 heteroatoms. The molecular formula is C21H22ClF2N5O3. The van der Waals surface area contributed by atoms with E-state index in [4.69, 9.17) is 28.5 Å². The van der Waals surface area contributed by atoms with Crippen LogP contribution >= 0.6 is 11.6 Å². The fraction of sp³-hybridized carbons (Fsp3) is 0.429. The zero-order valence-corrected chi connectivity index (χ0v) is 18.2. The van der Waals surface area contributed by atoms with Gasteiger partial charge in [-0.3, -0.25) is 9.59 Å². The van der Waals surface area contributed by atoms with Crippen LogP contribution in [0.2, 0.25) is 5.02 Å². The smallest absolute Gasteiger partial charge is 0.341 e. The summed E-state index contributed by atoms with van der Waals surface area (Å²) in [5.74, 6) is -3.28. The van der Waals surface area contributed by atoms with Gasteiger partial charge in [0.2, 0.25) is 17.7 Å². The van der Waals surface area contributed by atoms with Gasteiger partial charge in [0.05, 0.1) is 11.5 Å². The Morgan fingerprint density at radius 1 is 1.50 bits per heavy atom. The lowest BCUT2D eigenvalue weighted by Gasteiger charge is -2.24. The van der Waals surface area contributed by atoms with Crippen LogP contribution in [0.15, 0.2) is 29.5 Å². The highest BCUT2D eigenvalue weighted by molar-refractivity contribution is 6.31. The second-order valence-corrected chi connectivity index (χ2v) is 8.56. The number of carbonyl (C=O) groups is 2. The summed E-state index contributed by atoms with van der Waals surface area (Å²) in [4.78, 5) is 34.9. The Balaban J connectivity index is 1.68. The molecule has 0 bridgehead atoms. The van der Waals surface area contributed by atoms with Crippen LogP contribution in [0.5, 0.6) is 5.88 Å². The lowest BCUT2D eigenvalue weighted by atomic mass is 9.92. The predicted molar refractivity (Wildman–Crippen MR) is 114 cm³/mol. The molecule has 1 aromatic rings. The SMILES string of the molecule is C#CC(F)(F)COc1ncc(CN2CC3C(NC(=O)C(C)(C)N)=NC=CC3C2=O)cc1Cl. The number of amidine groups is 1. The molecule has 3 heterocycles. The van der Waals surface area contributed by atoms with Gasteiger partial charge in [-0.25, -0.2) is 9.98 Å². The van der Waals surface area contributed by atoms with E-state index in [0.29, 0.717) is 17.9 Å². The summed E-state index contributed by atoms with van der Waals surface area (Å²) in [6.07, 6.45) is 9.28. The highest BCUT2D eigenvalue weighted by Crippen LogP contribution is 2.32. The number of carbonyl (C=O) groups excluding carboxylic acids is 2. The number of nitrogens with two attached hydrogens (primary N) is 1. The van der Waals surface area contributed by atoms with E-state index in [2.05, 4.69) is 15.3 Å². The Kier molecular flexibility index (Phi) is 6.53. The first kappa shape index (κ1) is 23.6. The maximum Gasteiger partial charge on any atom is 0.341 e. The molecular weight excluding hydrogens is 444 g/mol. The molecule has 0 saturated carbocycles. The molecule has 2 aliphatic rings. The number of likely N-dealkylation sites (tertiary alicyclic amines) is 1. The summed E-state index contributed by atoms with van der Waals surface area (Å²) in [5, 5.41) is 2.73. The van der Waals surface area contributed by atoms with Crippen LogP contribution in [0.1, 0.15) is 19.4 Å². The second kappa shape index (κ2) is 8.84. The van der Waals surface area contributed by atoms with Gasteiger partial charge in [0, 0.05) is 31.4 Å². The normalized spacial score (nSPS) is 20.5. The highest BCUT2D eigenvalue weighted by atomic mass is 35.5. The van der Waals surface area contributed by atoms with Gasteiger partial charge in [0.15, 0.2) is 6.61 Å². The van der Waals surface area contributed by atoms with E-state index in [1.54, 1.807) is 24.8 Å². The quantitative estimate of drug-likeness (QED) is 0.622. The number of amides is 2. The largest absolute Gasteiger partial charge is 0.469 e. The van der Waals surface area contributed by atoms with Crippen molar-refractivity contribution in [3.05, 3.63) is 35.1 Å². The zero-order chi connectivity index (χ0) is 23.7. The van der Waals surface area contributed by atoms with Crippen molar-refractivity contribution in [3.63, 3.8) is 0 Å². The summed E-state index contributed by atoms with van der Waals surface area (Å²) >= 11 is 6.09. The molecule has 0 aliphatic carbocycles. The Labute approximate surface area is 188 Å². The third-order valence-corrected chi connectivity index (χ3v) is 5.24. The van der Waals surface area contributed by atoms with Crippen LogP contribution in [-0.2, 0) is 16.1 Å². The lowest BCUT2D eigenvalue weighted by molar-refractivity contribution is -0.130. The minimum absolute atomic E-state index is 0.0129. The molecule has 1 fully saturated rings. The summed E-state index contributed by atoms with van der Waals surface area (Å²) in [5.41, 5.74) is 5.30. The van der Waals surface area contributed by atoms with Crippen LogP contribution in [0.25, 0.3) is 0 Å². The van der Waals surface area contributed by atoms with Gasteiger partial charge in [0.25, 0.3) is 0 Å². The highest BCUT2D eigenvalue weighted by Gasteiger charge is 2.43. The van der Waals surface area contributed by atoms with E-state index in [1.807, 2.05) is 0 Å². The number of aliphatic imine (C=N–C) groups is 1. The van der Waals surface area contributed by atoms with Crippen molar-refractivity contribution in [2.45, 2.75) is 31.9 Å². The summed E-state index contributed by atoms with van der Waals surface area (Å²) < 4.78 is 31.2. The number of pyridine rings is 1. The standard InChI is InChI=1S/C21H22ClF2N5O3/c1-4-21(23,24)11-32-17-15(22)7-12(8-27-17)9-29-10-14-13(18(29)30)5-6-26-16(14)28-19(31)20(2,3)25/h1,5-8,13-14H,9-11,25H2,2-3H3,(H,26,28,31). The van der Waals surface area contributed by atoms with Crippen LogP contribution in [-0.4, -0.2) is 52.1 Å². The van der Waals surface area contributed by atoms with E-state index in [0.717, 1.165) is 0 Å². The van der Waals surface area contributed by atoms with E-state index in [9.17, 15) is 18.4 Å². The van der Waals surface area contributed by atoms with E-state index < -0.39 is 29.9 Å². The Hall–Kier alpha value is -3.03. The van der Waals surface area contributed by atoms with Crippen molar-refractivity contribution in [2.24, 2.45) is 22.6 Å². The van der Waals surface area contributed by atoms with Gasteiger partial charge in [-0.15, -0.1) is 6.42 Å². The number of halogens is 3. The summed E-state index contributed by atoms with van der Waals surface area (Å²) in [6, 6.07) is 1.48. The molecule has 3 rings (SSSR count). The molecule has 0 aromatic carbocycles. The number of ether oxygens (including phenoxy) is 1. The van der Waals surface area contributed by atoms with Gasteiger partial charge >= 0.3 is 5.92 Å². The molecule has 2 amide bonds. The van der Waals surface area contributed by atoms with Gasteiger partial charge < -0.3 is 20.7 Å². The van der Waals surface area contributed by atoms with Gasteiger partial charge in [0.1, 0.15) is 10.9 Å². The van der Waals surface area contributed by atoms with Gasteiger partial charge in [-0.1, -0.05) is 17.7 Å². The van der Waals surface area contributed by atoms with Crippen molar-refractivity contribution >= 4 is 29.3 Å². The molecule has 3 N–H and O–H groups in total. The molecule has 2 aliphatic heterocycles. The molecule has 170 valence electrons. The van der Waals surface area contributed by atoms with Crippen LogP contribution < -0.4 is 15.8 Å². The minimum Gasteiger partial charge on any atom is -0.469 e. The molecule has 0 spiro atoms. The average Bonchev–Trinajstić information content (AvgIpc) is 3.03. The van der Waals surface area contributed by atoms with Crippen LogP contribution in [0.3, 0.4) is 0 Å². The monoisotopic (exact) mass is 465 g/mol. The number of aromatic nitrogens is 1. The van der Waals surface area contributed by atoms with Crippen molar-refractivity contribution in [2.75, 3.05) is 13.2 Å². The number of nitrogens with one attached hydrogen (secondary N) is 1. The third-order valence-electron chi connectivity index (χ3n) is 4.97. The summed E-state index contributed by atoms with van der Waals surface area (Å²) in [7, 11) is 0.